The number of hydrogen-bond donors (Lipinski definition) is 1. The van der Waals surface area contributed by atoms with Gasteiger partial charge in [-0.25, -0.2) is 4.39 Å². The molecule has 0 aliphatic carbocycles. The largest absolute Gasteiger partial charge is 0.497 e. The van der Waals surface area contributed by atoms with E-state index >= 15 is 0 Å². The topological polar surface area (TPSA) is 41.6 Å². The van der Waals surface area contributed by atoms with Crippen molar-refractivity contribution in [1.29, 1.82) is 0 Å². The summed E-state index contributed by atoms with van der Waals surface area (Å²) in [4.78, 5) is 14.5. The van der Waals surface area contributed by atoms with Crippen molar-refractivity contribution >= 4 is 5.91 Å². The lowest BCUT2D eigenvalue weighted by Crippen LogP contribution is -2.48. The minimum absolute atomic E-state index is 0.118. The maximum atomic E-state index is 13.9. The molecule has 0 radical (unpaired) electrons. The van der Waals surface area contributed by atoms with Gasteiger partial charge in [0, 0.05) is 19.6 Å². The third-order valence-corrected chi connectivity index (χ3v) is 4.11. The predicted molar refractivity (Wildman–Crippen MR) is 86.0 cm³/mol. The number of amides is 1. The first-order valence-electron chi connectivity index (χ1n) is 7.61. The number of rotatable bonds is 3. The molecule has 1 fully saturated rings. The molecule has 4 nitrogen and oxygen atoms in total. The molecule has 0 saturated carbocycles. The molecule has 3 rings (SSSR count). The molecule has 0 bridgehead atoms. The Morgan fingerprint density at radius 1 is 1.22 bits per heavy atom. The standard InChI is InChI=1S/C18H19FN2O2/c1-23-14-8-6-13(7-9-14)17-12-20-10-11-21(17)18(22)15-4-2-3-5-16(15)19/h2-9,17,20H,10-12H2,1H3/t17-/m0/s1. The van der Waals surface area contributed by atoms with E-state index in [1.54, 1.807) is 24.1 Å². The zero-order valence-corrected chi connectivity index (χ0v) is 13.0. The Kier molecular flexibility index (Phi) is 4.57. The van der Waals surface area contributed by atoms with Crippen molar-refractivity contribution in [3.8, 4) is 5.75 Å². The van der Waals surface area contributed by atoms with Crippen LogP contribution in [0.4, 0.5) is 4.39 Å². The second-order valence-corrected chi connectivity index (χ2v) is 5.47. The number of benzene rings is 2. The first-order chi connectivity index (χ1) is 11.2. The molecular formula is C18H19FN2O2. The third-order valence-electron chi connectivity index (χ3n) is 4.11. The van der Waals surface area contributed by atoms with Gasteiger partial charge in [-0.15, -0.1) is 0 Å². The minimum Gasteiger partial charge on any atom is -0.497 e. The van der Waals surface area contributed by atoms with Crippen molar-refractivity contribution in [3.63, 3.8) is 0 Å². The summed E-state index contributed by atoms with van der Waals surface area (Å²) in [6.07, 6.45) is 0. The van der Waals surface area contributed by atoms with E-state index in [0.717, 1.165) is 11.3 Å². The SMILES string of the molecule is COc1ccc([C@@H]2CNCCN2C(=O)c2ccccc2F)cc1. The van der Waals surface area contributed by atoms with Gasteiger partial charge in [0.1, 0.15) is 11.6 Å². The van der Waals surface area contributed by atoms with Gasteiger partial charge >= 0.3 is 0 Å². The predicted octanol–water partition coefficient (Wildman–Crippen LogP) is 2.62. The van der Waals surface area contributed by atoms with E-state index in [2.05, 4.69) is 5.32 Å². The van der Waals surface area contributed by atoms with E-state index in [0.29, 0.717) is 19.6 Å². The lowest BCUT2D eigenvalue weighted by molar-refractivity contribution is 0.0629. The Labute approximate surface area is 134 Å². The summed E-state index contributed by atoms with van der Waals surface area (Å²) < 4.78 is 19.1. The van der Waals surface area contributed by atoms with Crippen molar-refractivity contribution in [2.45, 2.75) is 6.04 Å². The highest BCUT2D eigenvalue weighted by atomic mass is 19.1. The third kappa shape index (κ3) is 3.19. The van der Waals surface area contributed by atoms with Crippen LogP contribution in [-0.4, -0.2) is 37.6 Å². The number of nitrogens with zero attached hydrogens (tertiary/aromatic N) is 1. The van der Waals surface area contributed by atoms with Gasteiger partial charge in [0.15, 0.2) is 0 Å². The van der Waals surface area contributed by atoms with Gasteiger partial charge in [-0.1, -0.05) is 24.3 Å². The quantitative estimate of drug-likeness (QED) is 0.947. The monoisotopic (exact) mass is 314 g/mol. The van der Waals surface area contributed by atoms with Gasteiger partial charge in [0.25, 0.3) is 5.91 Å². The molecule has 1 N–H and O–H groups in total. The van der Waals surface area contributed by atoms with Gasteiger partial charge < -0.3 is 15.0 Å². The zero-order valence-electron chi connectivity index (χ0n) is 13.0. The molecule has 0 spiro atoms. The van der Waals surface area contributed by atoms with Crippen LogP contribution in [0.15, 0.2) is 48.5 Å². The average molecular weight is 314 g/mol. The van der Waals surface area contributed by atoms with E-state index in [4.69, 9.17) is 4.74 Å². The van der Waals surface area contributed by atoms with Gasteiger partial charge in [-0.3, -0.25) is 4.79 Å². The van der Waals surface area contributed by atoms with Gasteiger partial charge in [-0.2, -0.15) is 0 Å². The molecule has 120 valence electrons. The smallest absolute Gasteiger partial charge is 0.257 e. The number of hydrogen-bond acceptors (Lipinski definition) is 3. The maximum absolute atomic E-state index is 13.9. The van der Waals surface area contributed by atoms with Crippen LogP contribution in [0.25, 0.3) is 0 Å². The van der Waals surface area contributed by atoms with E-state index in [-0.39, 0.29) is 17.5 Å². The van der Waals surface area contributed by atoms with Crippen LogP contribution in [0.5, 0.6) is 5.75 Å². The van der Waals surface area contributed by atoms with Crippen LogP contribution in [0.1, 0.15) is 22.0 Å². The molecule has 1 aliphatic rings. The molecule has 0 aromatic heterocycles. The highest BCUT2D eigenvalue weighted by Crippen LogP contribution is 2.26. The molecule has 2 aromatic carbocycles. The second-order valence-electron chi connectivity index (χ2n) is 5.47. The Morgan fingerprint density at radius 2 is 1.96 bits per heavy atom. The van der Waals surface area contributed by atoms with Gasteiger partial charge in [0.2, 0.25) is 0 Å². The summed E-state index contributed by atoms with van der Waals surface area (Å²) in [5.74, 6) is 0.0134. The number of piperazine rings is 1. The summed E-state index contributed by atoms with van der Waals surface area (Å²) in [7, 11) is 1.62. The molecule has 0 unspecified atom stereocenters. The fraction of sp³-hybridized carbons (Fsp3) is 0.278. The lowest BCUT2D eigenvalue weighted by atomic mass is 10.0. The number of nitrogens with one attached hydrogen (secondary N) is 1. The number of halogens is 1. The Balaban J connectivity index is 1.89. The number of ether oxygens (including phenoxy) is 1. The first kappa shape index (κ1) is 15.5. The van der Waals surface area contributed by atoms with Crippen molar-refractivity contribution in [2.24, 2.45) is 0 Å². The minimum atomic E-state index is -0.482. The van der Waals surface area contributed by atoms with Crippen LogP contribution in [0, 0.1) is 5.82 Å². The molecule has 1 heterocycles. The van der Waals surface area contributed by atoms with E-state index in [1.165, 1.54) is 12.1 Å². The van der Waals surface area contributed by atoms with E-state index in [1.807, 2.05) is 24.3 Å². The van der Waals surface area contributed by atoms with Crippen LogP contribution < -0.4 is 10.1 Å². The average Bonchev–Trinajstić information content (AvgIpc) is 2.62. The van der Waals surface area contributed by atoms with Gasteiger partial charge in [-0.05, 0) is 29.8 Å². The van der Waals surface area contributed by atoms with Crippen molar-refractivity contribution in [3.05, 3.63) is 65.5 Å². The highest BCUT2D eigenvalue weighted by molar-refractivity contribution is 5.94. The summed E-state index contributed by atoms with van der Waals surface area (Å²) in [5, 5.41) is 3.29. The molecule has 1 atom stereocenters. The molecule has 1 amide bonds. The molecule has 1 aliphatic heterocycles. The summed E-state index contributed by atoms with van der Waals surface area (Å²) >= 11 is 0. The molecular weight excluding hydrogens is 295 g/mol. The zero-order chi connectivity index (χ0) is 16.2. The molecule has 5 heteroatoms. The second kappa shape index (κ2) is 6.79. The fourth-order valence-corrected chi connectivity index (χ4v) is 2.86. The van der Waals surface area contributed by atoms with Crippen molar-refractivity contribution in [1.82, 2.24) is 10.2 Å². The number of carbonyl (C=O) groups excluding carboxylic acids is 1. The summed E-state index contributed by atoms with van der Waals surface area (Å²) in [5.41, 5.74) is 1.12. The molecule has 2 aromatic rings. The Bertz CT molecular complexity index is 688. The maximum Gasteiger partial charge on any atom is 0.257 e. The Hall–Kier alpha value is -2.40. The normalized spacial score (nSPS) is 17.8. The Morgan fingerprint density at radius 3 is 2.65 bits per heavy atom. The number of methoxy groups -OCH3 is 1. The first-order valence-corrected chi connectivity index (χ1v) is 7.61. The summed E-state index contributed by atoms with van der Waals surface area (Å²) in [6, 6.07) is 13.6. The van der Waals surface area contributed by atoms with Crippen molar-refractivity contribution < 1.29 is 13.9 Å². The van der Waals surface area contributed by atoms with Crippen LogP contribution in [0.2, 0.25) is 0 Å². The van der Waals surface area contributed by atoms with Crippen LogP contribution >= 0.6 is 0 Å². The molecule has 1 saturated heterocycles. The number of carbonyl (C=O) groups is 1. The summed E-state index contributed by atoms with van der Waals surface area (Å²) in [6.45, 7) is 1.89. The van der Waals surface area contributed by atoms with E-state index in [9.17, 15) is 9.18 Å². The van der Waals surface area contributed by atoms with Crippen LogP contribution in [0.3, 0.4) is 0 Å². The lowest BCUT2D eigenvalue weighted by Gasteiger charge is -2.36. The van der Waals surface area contributed by atoms with Gasteiger partial charge in [0.05, 0.1) is 18.7 Å². The highest BCUT2D eigenvalue weighted by Gasteiger charge is 2.29. The fourth-order valence-electron chi connectivity index (χ4n) is 2.86. The van der Waals surface area contributed by atoms with E-state index < -0.39 is 5.82 Å². The van der Waals surface area contributed by atoms with Crippen molar-refractivity contribution in [2.75, 3.05) is 26.7 Å². The molecule has 23 heavy (non-hydrogen) atoms. The van der Waals surface area contributed by atoms with Crippen LogP contribution in [-0.2, 0) is 0 Å².